The standard InChI is InChI=1S/C13H25N/c1-11(2)13(8-5-9-14-13)10-12(3)6-4-7-12/h11,14H,4-10H2,1-3H3. The predicted octanol–water partition coefficient (Wildman–Crippen LogP) is 3.34. The zero-order chi connectivity index (χ0) is 10.2. The van der Waals surface area contributed by atoms with Crippen LogP contribution in [0.4, 0.5) is 0 Å². The third kappa shape index (κ3) is 1.71. The largest absolute Gasteiger partial charge is 0.311 e. The van der Waals surface area contributed by atoms with Crippen LogP contribution in [-0.2, 0) is 0 Å². The van der Waals surface area contributed by atoms with Crippen LogP contribution < -0.4 is 5.32 Å². The molecule has 0 radical (unpaired) electrons. The highest BCUT2D eigenvalue weighted by molar-refractivity contribution is 5.01. The van der Waals surface area contributed by atoms with Crippen molar-refractivity contribution in [2.45, 2.75) is 64.8 Å². The Bertz CT molecular complexity index is 197. The van der Waals surface area contributed by atoms with Gasteiger partial charge in [0.05, 0.1) is 0 Å². The number of hydrogen-bond donors (Lipinski definition) is 1. The van der Waals surface area contributed by atoms with E-state index in [9.17, 15) is 0 Å². The molecule has 82 valence electrons. The van der Waals surface area contributed by atoms with Gasteiger partial charge in [-0.25, -0.2) is 0 Å². The molecule has 0 aromatic carbocycles. The van der Waals surface area contributed by atoms with E-state index in [1.165, 1.54) is 45.1 Å². The maximum absolute atomic E-state index is 3.79. The summed E-state index contributed by atoms with van der Waals surface area (Å²) in [5, 5.41) is 3.79. The minimum atomic E-state index is 0.481. The first-order chi connectivity index (χ1) is 6.56. The van der Waals surface area contributed by atoms with Gasteiger partial charge in [-0.1, -0.05) is 27.2 Å². The molecule has 1 saturated carbocycles. The number of nitrogens with one attached hydrogen (secondary N) is 1. The number of hydrogen-bond acceptors (Lipinski definition) is 1. The molecule has 0 amide bonds. The first-order valence-corrected chi connectivity index (χ1v) is 6.31. The Morgan fingerprint density at radius 1 is 1.14 bits per heavy atom. The molecule has 1 unspecified atom stereocenters. The van der Waals surface area contributed by atoms with E-state index in [0.29, 0.717) is 11.0 Å². The fourth-order valence-electron chi connectivity index (χ4n) is 3.40. The topological polar surface area (TPSA) is 12.0 Å². The van der Waals surface area contributed by atoms with Gasteiger partial charge in [-0.2, -0.15) is 0 Å². The predicted molar refractivity (Wildman–Crippen MR) is 61.4 cm³/mol. The molecule has 2 aliphatic rings. The molecule has 14 heavy (non-hydrogen) atoms. The van der Waals surface area contributed by atoms with Crippen molar-refractivity contribution >= 4 is 0 Å². The molecule has 1 aliphatic carbocycles. The highest BCUT2D eigenvalue weighted by atomic mass is 15.0. The van der Waals surface area contributed by atoms with Gasteiger partial charge in [-0.3, -0.25) is 0 Å². The lowest BCUT2D eigenvalue weighted by Gasteiger charge is -2.47. The molecule has 2 fully saturated rings. The van der Waals surface area contributed by atoms with E-state index in [-0.39, 0.29) is 0 Å². The van der Waals surface area contributed by atoms with E-state index in [0.717, 1.165) is 5.92 Å². The highest BCUT2D eigenvalue weighted by Gasteiger charge is 2.44. The van der Waals surface area contributed by atoms with Gasteiger partial charge >= 0.3 is 0 Å². The Hall–Kier alpha value is -0.0400. The van der Waals surface area contributed by atoms with E-state index in [1.54, 1.807) is 0 Å². The summed E-state index contributed by atoms with van der Waals surface area (Å²) in [6.45, 7) is 8.51. The second kappa shape index (κ2) is 3.52. The molecule has 1 heterocycles. The van der Waals surface area contributed by atoms with Crippen molar-refractivity contribution < 1.29 is 0 Å². The summed E-state index contributed by atoms with van der Waals surface area (Å²) < 4.78 is 0. The van der Waals surface area contributed by atoms with Gasteiger partial charge in [0, 0.05) is 5.54 Å². The lowest BCUT2D eigenvalue weighted by Crippen LogP contribution is -2.49. The van der Waals surface area contributed by atoms with Crippen LogP contribution in [0, 0.1) is 11.3 Å². The molecule has 0 spiro atoms. The molecule has 1 atom stereocenters. The van der Waals surface area contributed by atoms with Crippen molar-refractivity contribution in [3.05, 3.63) is 0 Å². The van der Waals surface area contributed by atoms with Crippen molar-refractivity contribution in [3.63, 3.8) is 0 Å². The van der Waals surface area contributed by atoms with Crippen LogP contribution in [-0.4, -0.2) is 12.1 Å². The smallest absolute Gasteiger partial charge is 0.0210 e. The third-order valence-electron chi connectivity index (χ3n) is 4.68. The van der Waals surface area contributed by atoms with Gasteiger partial charge in [0.2, 0.25) is 0 Å². The van der Waals surface area contributed by atoms with Crippen LogP contribution in [0.25, 0.3) is 0 Å². The van der Waals surface area contributed by atoms with Crippen molar-refractivity contribution in [1.29, 1.82) is 0 Å². The van der Waals surface area contributed by atoms with Crippen molar-refractivity contribution in [1.82, 2.24) is 5.32 Å². The summed E-state index contributed by atoms with van der Waals surface area (Å²) in [7, 11) is 0. The first-order valence-electron chi connectivity index (χ1n) is 6.31. The molecule has 1 saturated heterocycles. The minimum absolute atomic E-state index is 0.481. The SMILES string of the molecule is CC(C)C1(CC2(C)CCC2)CCCN1. The summed E-state index contributed by atoms with van der Waals surface area (Å²) in [5.41, 5.74) is 1.15. The van der Waals surface area contributed by atoms with Crippen molar-refractivity contribution in [2.24, 2.45) is 11.3 Å². The lowest BCUT2D eigenvalue weighted by molar-refractivity contribution is 0.0748. The Kier molecular flexibility index (Phi) is 2.63. The summed E-state index contributed by atoms with van der Waals surface area (Å²) in [6.07, 6.45) is 8.59. The second-order valence-electron chi connectivity index (χ2n) is 6.18. The van der Waals surface area contributed by atoms with Crippen LogP contribution >= 0.6 is 0 Å². The Balaban J connectivity index is 2.03. The van der Waals surface area contributed by atoms with Gasteiger partial charge in [0.25, 0.3) is 0 Å². The van der Waals surface area contributed by atoms with Crippen LogP contribution in [0.15, 0.2) is 0 Å². The van der Waals surface area contributed by atoms with Gasteiger partial charge < -0.3 is 5.32 Å². The van der Waals surface area contributed by atoms with E-state index in [4.69, 9.17) is 0 Å². The van der Waals surface area contributed by atoms with E-state index in [2.05, 4.69) is 26.1 Å². The van der Waals surface area contributed by atoms with Gasteiger partial charge in [-0.05, 0) is 50.0 Å². The fourth-order valence-corrected chi connectivity index (χ4v) is 3.40. The minimum Gasteiger partial charge on any atom is -0.311 e. The zero-order valence-electron chi connectivity index (χ0n) is 10.0. The Morgan fingerprint density at radius 2 is 1.86 bits per heavy atom. The van der Waals surface area contributed by atoms with Crippen molar-refractivity contribution in [2.75, 3.05) is 6.54 Å². The summed E-state index contributed by atoms with van der Waals surface area (Å²) in [4.78, 5) is 0. The van der Waals surface area contributed by atoms with Crippen LogP contribution in [0.3, 0.4) is 0 Å². The molecule has 0 aromatic rings. The fraction of sp³-hybridized carbons (Fsp3) is 1.00. The molecule has 1 heteroatoms. The first kappa shape index (κ1) is 10.5. The van der Waals surface area contributed by atoms with Gasteiger partial charge in [0.1, 0.15) is 0 Å². The Morgan fingerprint density at radius 3 is 2.21 bits per heavy atom. The van der Waals surface area contributed by atoms with E-state index < -0.39 is 0 Å². The maximum Gasteiger partial charge on any atom is 0.0210 e. The molecule has 0 bridgehead atoms. The molecule has 1 N–H and O–H groups in total. The van der Waals surface area contributed by atoms with Crippen molar-refractivity contribution in [3.8, 4) is 0 Å². The summed E-state index contributed by atoms with van der Waals surface area (Å²) in [6, 6.07) is 0. The quantitative estimate of drug-likeness (QED) is 0.728. The van der Waals surface area contributed by atoms with Gasteiger partial charge in [-0.15, -0.1) is 0 Å². The molecule has 0 aromatic heterocycles. The van der Waals surface area contributed by atoms with E-state index >= 15 is 0 Å². The maximum atomic E-state index is 3.79. The molecule has 1 aliphatic heterocycles. The monoisotopic (exact) mass is 195 g/mol. The van der Waals surface area contributed by atoms with Crippen LogP contribution in [0.5, 0.6) is 0 Å². The zero-order valence-corrected chi connectivity index (χ0v) is 10.0. The Labute approximate surface area is 88.7 Å². The average molecular weight is 195 g/mol. The normalized spacial score (nSPS) is 36.0. The number of rotatable bonds is 3. The molecule has 1 nitrogen and oxygen atoms in total. The molecule has 2 rings (SSSR count). The van der Waals surface area contributed by atoms with Gasteiger partial charge in [0.15, 0.2) is 0 Å². The highest BCUT2D eigenvalue weighted by Crippen LogP contribution is 2.49. The molecular formula is C13H25N. The molecular weight excluding hydrogens is 170 g/mol. The second-order valence-corrected chi connectivity index (χ2v) is 6.18. The lowest BCUT2D eigenvalue weighted by atomic mass is 9.61. The van der Waals surface area contributed by atoms with E-state index in [1.807, 2.05) is 0 Å². The third-order valence-corrected chi connectivity index (χ3v) is 4.68. The van der Waals surface area contributed by atoms with Crippen LogP contribution in [0.2, 0.25) is 0 Å². The van der Waals surface area contributed by atoms with Crippen LogP contribution in [0.1, 0.15) is 59.3 Å². The summed E-state index contributed by atoms with van der Waals surface area (Å²) >= 11 is 0. The average Bonchev–Trinajstić information content (AvgIpc) is 2.51. The summed E-state index contributed by atoms with van der Waals surface area (Å²) in [5.74, 6) is 0.794.